The third-order valence-electron chi connectivity index (χ3n) is 4.45. The van der Waals surface area contributed by atoms with Crippen LogP contribution in [-0.2, 0) is 14.3 Å². The van der Waals surface area contributed by atoms with Crippen molar-refractivity contribution in [2.24, 2.45) is 0 Å². The molecule has 110 valence electrons. The summed E-state index contributed by atoms with van der Waals surface area (Å²) in [5.74, 6) is 0.00337. The minimum Gasteiger partial charge on any atom is -0.463 e. The number of rotatable bonds is 4. The van der Waals surface area contributed by atoms with Crippen LogP contribution in [0.5, 0.6) is 0 Å². The van der Waals surface area contributed by atoms with Gasteiger partial charge in [-0.15, -0.1) is 0 Å². The number of esters is 1. The molecule has 0 radical (unpaired) electrons. The Kier molecular flexibility index (Phi) is 4.50. The monoisotopic (exact) mass is 285 g/mol. The van der Waals surface area contributed by atoms with Crippen molar-refractivity contribution in [2.45, 2.75) is 77.7 Å². The first-order valence-electron chi connectivity index (χ1n) is 6.96. The Balaban J connectivity index is 2.73. The molecule has 0 N–H and O–H groups in total. The second kappa shape index (κ2) is 5.27. The molecule has 2 atom stereocenters. The van der Waals surface area contributed by atoms with E-state index >= 15 is 0 Å². The molecule has 2 unspecified atom stereocenters. The summed E-state index contributed by atoms with van der Waals surface area (Å²) in [6.07, 6.45) is 1.22. The predicted molar refractivity (Wildman–Crippen MR) is 78.3 cm³/mol. The number of carbonyl (C=O) groups excluding carboxylic acids is 2. The predicted octanol–water partition coefficient (Wildman–Crippen LogP) is 2.93. The average molecular weight is 285 g/mol. The summed E-state index contributed by atoms with van der Waals surface area (Å²) in [5, 5.41) is 0.145. The molecule has 1 fully saturated rings. The van der Waals surface area contributed by atoms with Gasteiger partial charge in [0.2, 0.25) is 5.91 Å². The van der Waals surface area contributed by atoms with Crippen LogP contribution in [0.2, 0.25) is 18.1 Å². The zero-order valence-corrected chi connectivity index (χ0v) is 14.2. The lowest BCUT2D eigenvalue weighted by atomic mass is 10.00. The number of carbonyl (C=O) groups is 2. The van der Waals surface area contributed by atoms with Gasteiger partial charge in [-0.05, 0) is 12.0 Å². The van der Waals surface area contributed by atoms with Gasteiger partial charge in [0, 0.05) is 25.8 Å². The molecule has 19 heavy (non-hydrogen) atoms. The lowest BCUT2D eigenvalue weighted by molar-refractivity contribution is -0.148. The van der Waals surface area contributed by atoms with E-state index in [1.807, 2.05) is 6.92 Å². The van der Waals surface area contributed by atoms with Crippen molar-refractivity contribution < 1.29 is 14.3 Å². The molecular weight excluding hydrogens is 258 g/mol. The van der Waals surface area contributed by atoms with Gasteiger partial charge in [-0.3, -0.25) is 9.59 Å². The molecule has 0 aromatic heterocycles. The summed E-state index contributed by atoms with van der Waals surface area (Å²) in [6.45, 7) is 14.4. The molecule has 0 bridgehead atoms. The Morgan fingerprint density at radius 2 is 2.00 bits per heavy atom. The van der Waals surface area contributed by atoms with E-state index in [2.05, 4.69) is 38.4 Å². The minimum atomic E-state index is -1.81. The fourth-order valence-corrected chi connectivity index (χ4v) is 5.06. The van der Waals surface area contributed by atoms with Crippen LogP contribution < -0.4 is 0 Å². The van der Waals surface area contributed by atoms with Gasteiger partial charge in [0.15, 0.2) is 8.24 Å². The molecule has 1 amide bonds. The smallest absolute Gasteiger partial charge is 0.302 e. The first-order valence-corrected chi connectivity index (χ1v) is 9.91. The van der Waals surface area contributed by atoms with Crippen LogP contribution in [0.3, 0.4) is 0 Å². The van der Waals surface area contributed by atoms with Gasteiger partial charge in [-0.2, -0.15) is 0 Å². The fourth-order valence-electron chi connectivity index (χ4n) is 2.52. The number of ether oxygens (including phenoxy) is 1. The van der Waals surface area contributed by atoms with Gasteiger partial charge < -0.3 is 9.30 Å². The largest absolute Gasteiger partial charge is 0.463 e. The van der Waals surface area contributed by atoms with Gasteiger partial charge in [0.25, 0.3) is 0 Å². The van der Waals surface area contributed by atoms with E-state index < -0.39 is 8.24 Å². The first kappa shape index (κ1) is 16.2. The first-order chi connectivity index (χ1) is 8.46. The Labute approximate surface area is 117 Å². The maximum absolute atomic E-state index is 12.0. The Hall–Kier alpha value is -0.843. The highest BCUT2D eigenvalue weighted by molar-refractivity contribution is 6.79. The third kappa shape index (κ3) is 3.38. The molecule has 1 aliphatic heterocycles. The van der Waals surface area contributed by atoms with Crippen LogP contribution in [0.4, 0.5) is 0 Å². The highest BCUT2D eigenvalue weighted by Gasteiger charge is 2.51. The van der Waals surface area contributed by atoms with Crippen molar-refractivity contribution in [2.75, 3.05) is 0 Å². The van der Waals surface area contributed by atoms with E-state index in [0.29, 0.717) is 6.42 Å². The van der Waals surface area contributed by atoms with Gasteiger partial charge in [-0.25, -0.2) is 0 Å². The topological polar surface area (TPSA) is 46.6 Å². The van der Waals surface area contributed by atoms with E-state index in [4.69, 9.17) is 4.74 Å². The van der Waals surface area contributed by atoms with Gasteiger partial charge in [0.05, 0.1) is 0 Å². The highest BCUT2D eigenvalue weighted by atomic mass is 28.3. The normalized spacial score (nSPS) is 21.9. The minimum absolute atomic E-state index is 0.122. The van der Waals surface area contributed by atoms with E-state index in [9.17, 15) is 9.59 Å². The molecule has 4 nitrogen and oxygen atoms in total. The molecule has 1 rings (SSSR count). The van der Waals surface area contributed by atoms with E-state index in [0.717, 1.165) is 6.42 Å². The molecule has 0 spiro atoms. The highest BCUT2D eigenvalue weighted by Crippen LogP contribution is 2.43. The van der Waals surface area contributed by atoms with Gasteiger partial charge in [0.1, 0.15) is 6.10 Å². The van der Waals surface area contributed by atoms with Crippen LogP contribution in [0.15, 0.2) is 0 Å². The van der Waals surface area contributed by atoms with Crippen LogP contribution in [0.25, 0.3) is 0 Å². The second-order valence-corrected chi connectivity index (χ2v) is 12.2. The Morgan fingerprint density at radius 3 is 2.37 bits per heavy atom. The van der Waals surface area contributed by atoms with Crippen molar-refractivity contribution in [3.05, 3.63) is 0 Å². The molecule has 1 saturated heterocycles. The molecular formula is C14H27NO3Si. The van der Waals surface area contributed by atoms with Crippen LogP contribution in [-0.4, -0.2) is 36.8 Å². The molecule has 1 heterocycles. The average Bonchev–Trinajstić information content (AvgIpc) is 2.11. The summed E-state index contributed by atoms with van der Waals surface area (Å²) in [6, 6.07) is 0.239. The Bertz CT molecular complexity index is 373. The van der Waals surface area contributed by atoms with E-state index in [1.165, 1.54) is 6.92 Å². The maximum Gasteiger partial charge on any atom is 0.302 e. The summed E-state index contributed by atoms with van der Waals surface area (Å²) in [7, 11) is -1.81. The van der Waals surface area contributed by atoms with Crippen LogP contribution in [0, 0.1) is 0 Å². The molecule has 1 aliphatic rings. The van der Waals surface area contributed by atoms with Crippen molar-refractivity contribution in [3.8, 4) is 0 Å². The second-order valence-electron chi connectivity index (χ2n) is 7.09. The van der Waals surface area contributed by atoms with Crippen molar-refractivity contribution in [3.63, 3.8) is 0 Å². The lowest BCUT2D eigenvalue weighted by Crippen LogP contribution is -2.68. The van der Waals surface area contributed by atoms with E-state index in [1.54, 1.807) is 0 Å². The van der Waals surface area contributed by atoms with Crippen molar-refractivity contribution in [1.29, 1.82) is 0 Å². The number of hydrogen-bond acceptors (Lipinski definition) is 3. The van der Waals surface area contributed by atoms with Crippen LogP contribution >= 0.6 is 0 Å². The van der Waals surface area contributed by atoms with Crippen molar-refractivity contribution in [1.82, 2.24) is 4.57 Å². The third-order valence-corrected chi connectivity index (χ3v) is 9.94. The van der Waals surface area contributed by atoms with Gasteiger partial charge in [-0.1, -0.05) is 33.9 Å². The molecule has 0 aromatic carbocycles. The lowest BCUT2D eigenvalue weighted by Gasteiger charge is -2.55. The quantitative estimate of drug-likeness (QED) is 0.453. The van der Waals surface area contributed by atoms with E-state index in [-0.39, 0.29) is 29.1 Å². The standard InChI is InChI=1S/C14H27NO3Si/c1-10(18-11(2)16)8-12-9-13(17)15(12)19(6,7)14(3,4)5/h10,12H,8-9H2,1-7H3. The molecule has 5 heteroatoms. The fraction of sp³-hybridized carbons (Fsp3) is 0.857. The summed E-state index contributed by atoms with van der Waals surface area (Å²) < 4.78 is 7.28. The Morgan fingerprint density at radius 1 is 1.47 bits per heavy atom. The van der Waals surface area contributed by atoms with Crippen molar-refractivity contribution >= 4 is 20.1 Å². The summed E-state index contributed by atoms with van der Waals surface area (Å²) >= 11 is 0. The zero-order chi connectivity index (χ0) is 15.0. The number of β-lactam (4-membered cyclic amide) rings is 1. The maximum atomic E-state index is 12.0. The molecule has 0 aromatic rings. The zero-order valence-electron chi connectivity index (χ0n) is 13.2. The molecule has 0 aliphatic carbocycles. The number of nitrogens with zero attached hydrogens (tertiary/aromatic N) is 1. The SMILES string of the molecule is CC(=O)OC(C)CC1CC(=O)N1[Si](C)(C)C(C)(C)C. The number of hydrogen-bond donors (Lipinski definition) is 0. The number of amides is 1. The van der Waals surface area contributed by atoms with Crippen LogP contribution in [0.1, 0.15) is 47.5 Å². The summed E-state index contributed by atoms with van der Waals surface area (Å²) in [5.41, 5.74) is 0. The summed E-state index contributed by atoms with van der Waals surface area (Å²) in [4.78, 5) is 22.9. The van der Waals surface area contributed by atoms with Gasteiger partial charge >= 0.3 is 5.97 Å². The molecule has 0 saturated carbocycles.